The Bertz CT molecular complexity index is 344. The molecule has 1 aromatic rings. The monoisotopic (exact) mass is 181 g/mol. The van der Waals surface area contributed by atoms with E-state index in [0.29, 0.717) is 5.69 Å². The summed E-state index contributed by atoms with van der Waals surface area (Å²) in [6.07, 6.45) is 0. The van der Waals surface area contributed by atoms with Gasteiger partial charge in [-0.05, 0) is 6.92 Å². The first-order chi connectivity index (χ1) is 6.16. The minimum atomic E-state index is -0.696. The van der Waals surface area contributed by atoms with Gasteiger partial charge in [-0.15, -0.1) is 0 Å². The average Bonchev–Trinajstić information content (AvgIpc) is 2.42. The van der Waals surface area contributed by atoms with E-state index in [-0.39, 0.29) is 18.1 Å². The lowest BCUT2D eigenvalue weighted by Crippen LogP contribution is -2.08. The van der Waals surface area contributed by atoms with E-state index < -0.39 is 5.97 Å². The molecule has 0 radical (unpaired) electrons. The fourth-order valence-corrected chi connectivity index (χ4v) is 0.806. The second kappa shape index (κ2) is 3.58. The van der Waals surface area contributed by atoms with Gasteiger partial charge in [0.25, 0.3) is 0 Å². The molecule has 0 amide bonds. The Hall–Kier alpha value is -2.03. The Labute approximate surface area is 73.9 Å². The number of carbonyl (C=O) groups is 1. The van der Waals surface area contributed by atoms with Crippen molar-refractivity contribution in [3.63, 3.8) is 0 Å². The van der Waals surface area contributed by atoms with Gasteiger partial charge in [0, 0.05) is 0 Å². The lowest BCUT2D eigenvalue weighted by molar-refractivity contribution is 0.0555. The number of nitriles is 1. The van der Waals surface area contributed by atoms with Crippen LogP contribution in [-0.4, -0.2) is 17.7 Å². The summed E-state index contributed by atoms with van der Waals surface area (Å²) in [7, 11) is 0. The molecule has 1 heterocycles. The van der Waals surface area contributed by atoms with Crippen molar-refractivity contribution in [2.75, 3.05) is 12.3 Å². The molecular weight excluding hydrogens is 174 g/mol. The zero-order valence-corrected chi connectivity index (χ0v) is 6.90. The van der Waals surface area contributed by atoms with Crippen LogP contribution >= 0.6 is 0 Å². The van der Waals surface area contributed by atoms with Crippen LogP contribution < -0.4 is 5.73 Å². The van der Waals surface area contributed by atoms with Gasteiger partial charge in [0.15, 0.2) is 6.61 Å². The molecule has 6 heteroatoms. The summed E-state index contributed by atoms with van der Waals surface area (Å²) >= 11 is 0. The molecule has 13 heavy (non-hydrogen) atoms. The molecule has 0 fully saturated rings. The molecule has 0 bridgehead atoms. The van der Waals surface area contributed by atoms with Crippen LogP contribution in [-0.2, 0) is 4.74 Å². The van der Waals surface area contributed by atoms with Crippen LogP contribution in [0.4, 0.5) is 5.88 Å². The SMILES string of the molecule is Cc1noc(N)c1C(=O)OCC#N. The van der Waals surface area contributed by atoms with E-state index in [1.807, 2.05) is 0 Å². The smallest absolute Gasteiger partial charge is 0.346 e. The minimum Gasteiger partial charge on any atom is -0.446 e. The van der Waals surface area contributed by atoms with E-state index in [1.165, 1.54) is 0 Å². The highest BCUT2D eigenvalue weighted by Crippen LogP contribution is 2.16. The van der Waals surface area contributed by atoms with E-state index in [4.69, 9.17) is 11.0 Å². The molecular formula is C7H7N3O3. The summed E-state index contributed by atoms with van der Waals surface area (Å²) in [6.45, 7) is 1.24. The van der Waals surface area contributed by atoms with E-state index in [0.717, 1.165) is 0 Å². The van der Waals surface area contributed by atoms with Crippen molar-refractivity contribution in [3.05, 3.63) is 11.3 Å². The third-order valence-electron chi connectivity index (χ3n) is 1.36. The van der Waals surface area contributed by atoms with Gasteiger partial charge in [0.1, 0.15) is 11.6 Å². The highest BCUT2D eigenvalue weighted by Gasteiger charge is 2.19. The molecule has 0 saturated heterocycles. The summed E-state index contributed by atoms with van der Waals surface area (Å²) < 4.78 is 9.06. The Morgan fingerprint density at radius 3 is 3.00 bits per heavy atom. The maximum absolute atomic E-state index is 11.2. The predicted octanol–water partition coefficient (Wildman–Crippen LogP) is 0.246. The third kappa shape index (κ3) is 1.76. The first-order valence-corrected chi connectivity index (χ1v) is 3.42. The van der Waals surface area contributed by atoms with Crippen LogP contribution in [0.1, 0.15) is 16.1 Å². The van der Waals surface area contributed by atoms with Crippen molar-refractivity contribution in [2.24, 2.45) is 0 Å². The number of carbonyl (C=O) groups excluding carboxylic acids is 1. The fraction of sp³-hybridized carbons (Fsp3) is 0.286. The summed E-state index contributed by atoms with van der Waals surface area (Å²) in [4.78, 5) is 11.2. The van der Waals surface area contributed by atoms with Gasteiger partial charge in [0.05, 0.1) is 5.69 Å². The van der Waals surface area contributed by atoms with E-state index in [2.05, 4.69) is 14.4 Å². The van der Waals surface area contributed by atoms with Crippen molar-refractivity contribution in [1.82, 2.24) is 5.16 Å². The van der Waals surface area contributed by atoms with Gasteiger partial charge in [-0.2, -0.15) is 5.26 Å². The van der Waals surface area contributed by atoms with E-state index in [9.17, 15) is 4.79 Å². The Kier molecular flexibility index (Phi) is 2.50. The summed E-state index contributed by atoms with van der Waals surface area (Å²) in [5, 5.41) is 11.6. The number of ether oxygens (including phenoxy) is 1. The Morgan fingerprint density at radius 1 is 1.85 bits per heavy atom. The molecule has 2 N–H and O–H groups in total. The van der Waals surface area contributed by atoms with Crippen molar-refractivity contribution >= 4 is 11.9 Å². The maximum atomic E-state index is 11.2. The number of anilines is 1. The van der Waals surface area contributed by atoms with Gasteiger partial charge in [0.2, 0.25) is 5.88 Å². The lowest BCUT2D eigenvalue weighted by atomic mass is 10.2. The molecule has 0 aromatic carbocycles. The van der Waals surface area contributed by atoms with E-state index in [1.54, 1.807) is 13.0 Å². The molecule has 6 nitrogen and oxygen atoms in total. The predicted molar refractivity (Wildman–Crippen MR) is 41.5 cm³/mol. The van der Waals surface area contributed by atoms with Gasteiger partial charge < -0.3 is 15.0 Å². The molecule has 0 aliphatic rings. The van der Waals surface area contributed by atoms with Crippen molar-refractivity contribution in [1.29, 1.82) is 5.26 Å². The number of rotatable bonds is 2. The minimum absolute atomic E-state index is 0.0789. The zero-order valence-electron chi connectivity index (χ0n) is 6.90. The molecule has 0 unspecified atom stereocenters. The standard InChI is InChI=1S/C7H7N3O3/c1-4-5(6(9)13-10-4)7(11)12-3-2-8/h3,9H2,1H3. The first kappa shape index (κ1) is 9.06. The van der Waals surface area contributed by atoms with E-state index >= 15 is 0 Å². The highest BCUT2D eigenvalue weighted by atomic mass is 16.5. The molecule has 1 aromatic heterocycles. The third-order valence-corrected chi connectivity index (χ3v) is 1.36. The number of nitrogens with zero attached hydrogens (tertiary/aromatic N) is 2. The molecule has 0 atom stereocenters. The van der Waals surface area contributed by atoms with Gasteiger partial charge in [-0.1, -0.05) is 5.16 Å². The van der Waals surface area contributed by atoms with Gasteiger partial charge in [-0.3, -0.25) is 0 Å². The topological polar surface area (TPSA) is 102 Å². The van der Waals surface area contributed by atoms with Gasteiger partial charge >= 0.3 is 5.97 Å². The molecule has 68 valence electrons. The van der Waals surface area contributed by atoms with Crippen molar-refractivity contribution in [2.45, 2.75) is 6.92 Å². The summed E-state index contributed by atoms with van der Waals surface area (Å²) in [5.41, 5.74) is 5.73. The van der Waals surface area contributed by atoms with Crippen molar-refractivity contribution in [3.8, 4) is 6.07 Å². The lowest BCUT2D eigenvalue weighted by Gasteiger charge is -1.97. The largest absolute Gasteiger partial charge is 0.446 e. The Balaban J connectivity index is 2.83. The number of aryl methyl sites for hydroxylation is 1. The average molecular weight is 181 g/mol. The highest BCUT2D eigenvalue weighted by molar-refractivity contribution is 5.94. The second-order valence-electron chi connectivity index (χ2n) is 2.24. The molecule has 0 spiro atoms. The number of esters is 1. The van der Waals surface area contributed by atoms with Crippen LogP contribution in [0.25, 0.3) is 0 Å². The van der Waals surface area contributed by atoms with Crippen LogP contribution in [0.2, 0.25) is 0 Å². The van der Waals surface area contributed by atoms with Crippen LogP contribution in [0, 0.1) is 18.3 Å². The van der Waals surface area contributed by atoms with Crippen LogP contribution in [0.15, 0.2) is 4.52 Å². The second-order valence-corrected chi connectivity index (χ2v) is 2.24. The maximum Gasteiger partial charge on any atom is 0.346 e. The molecule has 0 aliphatic heterocycles. The quantitative estimate of drug-likeness (QED) is 0.656. The number of hydrogen-bond acceptors (Lipinski definition) is 6. The first-order valence-electron chi connectivity index (χ1n) is 3.42. The normalized spacial score (nSPS) is 9.23. The van der Waals surface area contributed by atoms with Gasteiger partial charge in [-0.25, -0.2) is 4.79 Å². The van der Waals surface area contributed by atoms with Crippen molar-refractivity contribution < 1.29 is 14.1 Å². The Morgan fingerprint density at radius 2 is 2.54 bits per heavy atom. The number of nitrogens with two attached hydrogens (primary N) is 1. The summed E-state index contributed by atoms with van der Waals surface area (Å²) in [5.74, 6) is -0.793. The zero-order chi connectivity index (χ0) is 9.84. The van der Waals surface area contributed by atoms with Crippen LogP contribution in [0.5, 0.6) is 0 Å². The number of hydrogen-bond donors (Lipinski definition) is 1. The van der Waals surface area contributed by atoms with Crippen LogP contribution in [0.3, 0.4) is 0 Å². The molecule has 0 saturated carbocycles. The number of nitrogen functional groups attached to an aromatic ring is 1. The number of aromatic nitrogens is 1. The molecule has 1 rings (SSSR count). The molecule has 0 aliphatic carbocycles. The fourth-order valence-electron chi connectivity index (χ4n) is 0.806. The summed E-state index contributed by atoms with van der Waals surface area (Å²) in [6, 6.07) is 1.66.